The highest BCUT2D eigenvalue weighted by Gasteiger charge is 2.39. The Morgan fingerprint density at radius 1 is 0.528 bits per heavy atom. The van der Waals surface area contributed by atoms with Gasteiger partial charge in [0.25, 0.3) is 0 Å². The Bertz CT molecular complexity index is 2460. The number of nitrogens with zero attached hydrogens (tertiary/aromatic N) is 6. The lowest BCUT2D eigenvalue weighted by atomic mass is 9.78. The van der Waals surface area contributed by atoms with Crippen molar-refractivity contribution in [1.82, 2.24) is 19.6 Å². The second-order valence-electron chi connectivity index (χ2n) is 13.4. The maximum Gasteiger partial charge on any atom is 0.189 e. The molecule has 0 atom stereocenters. The Hall–Kier alpha value is -7.28. The van der Waals surface area contributed by atoms with E-state index in [1.807, 2.05) is 106 Å². The number of hydrogen-bond acceptors (Lipinski definition) is 3. The predicted molar refractivity (Wildman–Crippen MR) is 212 cm³/mol. The summed E-state index contributed by atoms with van der Waals surface area (Å²) in [5.41, 5.74) is 11.4. The van der Waals surface area contributed by atoms with Gasteiger partial charge >= 0.3 is 0 Å². The third kappa shape index (κ3) is 5.99. The molecule has 8 aromatic rings. The third-order valence-electron chi connectivity index (χ3n) is 9.60. The average molecular weight is 683 g/mol. The Morgan fingerprint density at radius 3 is 1.38 bits per heavy atom. The molecule has 53 heavy (non-hydrogen) atoms. The zero-order valence-corrected chi connectivity index (χ0v) is 29.3. The second-order valence-corrected chi connectivity index (χ2v) is 13.4. The van der Waals surface area contributed by atoms with Crippen LogP contribution in [0.3, 0.4) is 0 Å². The van der Waals surface area contributed by atoms with Gasteiger partial charge in [-0.2, -0.15) is 15.5 Å². The van der Waals surface area contributed by atoms with Crippen molar-refractivity contribution in [2.75, 3.05) is 0 Å². The molecule has 0 fully saturated rings. The number of benzene rings is 6. The molecule has 0 unspecified atom stereocenters. The van der Waals surface area contributed by atoms with Crippen LogP contribution in [0.2, 0.25) is 0 Å². The normalized spacial score (nSPS) is 11.2. The zero-order valence-electron chi connectivity index (χ0n) is 29.3. The quantitative estimate of drug-likeness (QED) is 0.150. The first-order valence-corrected chi connectivity index (χ1v) is 17.4. The summed E-state index contributed by atoms with van der Waals surface area (Å²) in [7, 11) is 0. The number of hydrogen-bond donors (Lipinski definition) is 0. The lowest BCUT2D eigenvalue weighted by molar-refractivity contribution is 0.579. The molecule has 2 heterocycles. The first-order chi connectivity index (χ1) is 26.0. The van der Waals surface area contributed by atoms with Gasteiger partial charge in [0, 0.05) is 22.3 Å². The van der Waals surface area contributed by atoms with Gasteiger partial charge in [-0.3, -0.25) is 0 Å². The molecule has 0 saturated heterocycles. The van der Waals surface area contributed by atoms with Crippen LogP contribution in [0.1, 0.15) is 30.8 Å². The molecular weight excluding hydrogens is 649 g/mol. The number of nitriles is 1. The summed E-state index contributed by atoms with van der Waals surface area (Å²) in [6.45, 7) is 12.2. The van der Waals surface area contributed by atoms with E-state index in [-0.39, 0.29) is 0 Å². The van der Waals surface area contributed by atoms with Crippen molar-refractivity contribution in [1.29, 1.82) is 5.26 Å². The van der Waals surface area contributed by atoms with E-state index < -0.39 is 5.41 Å². The standard InChI is InChI=1S/C47H34N6/c1-47(2,45-41(34-19-8-4-9-20-34)43(36-23-12-6-13-24-36)52(50-45)39-28-16-18-33(30-39)32-48)46-42(35-21-10-5-11-22-35)44(37-25-14-7-15-26-37)53(51-46)40-29-17-27-38(31-40)49-3/h4-31H,1-2H3. The van der Waals surface area contributed by atoms with Gasteiger partial charge in [-0.05, 0) is 55.3 Å². The molecule has 0 bridgehead atoms. The molecule has 6 heteroatoms. The molecule has 0 saturated carbocycles. The van der Waals surface area contributed by atoms with E-state index in [9.17, 15) is 5.26 Å². The van der Waals surface area contributed by atoms with Crippen molar-refractivity contribution in [3.05, 3.63) is 198 Å². The summed E-state index contributed by atoms with van der Waals surface area (Å²) in [6, 6.07) is 58.9. The van der Waals surface area contributed by atoms with Gasteiger partial charge in [-0.1, -0.05) is 140 Å². The molecule has 2 aromatic heterocycles. The highest BCUT2D eigenvalue weighted by molar-refractivity contribution is 5.89. The van der Waals surface area contributed by atoms with Gasteiger partial charge in [0.05, 0.1) is 57.8 Å². The fraction of sp³-hybridized carbons (Fsp3) is 0.0638. The smallest absolute Gasteiger partial charge is 0.189 e. The Morgan fingerprint density at radius 2 is 0.943 bits per heavy atom. The molecule has 252 valence electrons. The van der Waals surface area contributed by atoms with Crippen LogP contribution in [-0.2, 0) is 5.41 Å². The van der Waals surface area contributed by atoms with Gasteiger partial charge in [0.2, 0.25) is 0 Å². The van der Waals surface area contributed by atoms with E-state index in [0.29, 0.717) is 11.3 Å². The van der Waals surface area contributed by atoms with Crippen LogP contribution in [0.4, 0.5) is 5.69 Å². The fourth-order valence-corrected chi connectivity index (χ4v) is 7.08. The minimum atomic E-state index is -0.788. The van der Waals surface area contributed by atoms with E-state index in [0.717, 1.165) is 67.5 Å². The number of aromatic nitrogens is 4. The van der Waals surface area contributed by atoms with Crippen LogP contribution >= 0.6 is 0 Å². The molecular formula is C47H34N6. The average Bonchev–Trinajstić information content (AvgIpc) is 3.84. The Kier molecular flexibility index (Phi) is 8.56. The summed E-state index contributed by atoms with van der Waals surface area (Å²) in [4.78, 5) is 3.75. The monoisotopic (exact) mass is 682 g/mol. The van der Waals surface area contributed by atoms with Crippen molar-refractivity contribution >= 4 is 5.69 Å². The van der Waals surface area contributed by atoms with Crippen molar-refractivity contribution in [3.8, 4) is 62.2 Å². The zero-order chi connectivity index (χ0) is 36.4. The van der Waals surface area contributed by atoms with E-state index in [2.05, 4.69) is 97.6 Å². The molecule has 0 aliphatic rings. The lowest BCUT2D eigenvalue weighted by Gasteiger charge is -2.24. The molecule has 0 N–H and O–H groups in total. The summed E-state index contributed by atoms with van der Waals surface area (Å²) in [5.74, 6) is 0. The van der Waals surface area contributed by atoms with Gasteiger partial charge in [-0.25, -0.2) is 14.2 Å². The maximum absolute atomic E-state index is 9.89. The van der Waals surface area contributed by atoms with Crippen LogP contribution in [0.25, 0.3) is 61.0 Å². The molecule has 8 rings (SSSR count). The largest absolute Gasteiger partial charge is 0.238 e. The van der Waals surface area contributed by atoms with Gasteiger partial charge in [0.15, 0.2) is 5.69 Å². The Labute approximate surface area is 309 Å². The maximum atomic E-state index is 9.89. The van der Waals surface area contributed by atoms with E-state index >= 15 is 0 Å². The summed E-state index contributed by atoms with van der Waals surface area (Å²) >= 11 is 0. The predicted octanol–water partition coefficient (Wildman–Crippen LogP) is 11.5. The van der Waals surface area contributed by atoms with Crippen LogP contribution in [0.15, 0.2) is 170 Å². The Balaban J connectivity index is 1.50. The lowest BCUT2D eigenvalue weighted by Crippen LogP contribution is -2.23. The molecule has 0 aliphatic carbocycles. The highest BCUT2D eigenvalue weighted by Crippen LogP contribution is 2.48. The van der Waals surface area contributed by atoms with Crippen molar-refractivity contribution in [3.63, 3.8) is 0 Å². The second kappa shape index (κ2) is 13.8. The van der Waals surface area contributed by atoms with Gasteiger partial charge in [0.1, 0.15) is 0 Å². The van der Waals surface area contributed by atoms with Crippen molar-refractivity contribution < 1.29 is 0 Å². The SMILES string of the molecule is [C-]#[N+]c1cccc(-n2nc(C(C)(C)c3nn(-c4cccc(C#N)c4)c(-c4ccccc4)c3-c3ccccc3)c(-c3ccccc3)c2-c2ccccc2)c1. The molecule has 0 aliphatic heterocycles. The van der Waals surface area contributed by atoms with Gasteiger partial charge < -0.3 is 0 Å². The molecule has 6 aromatic carbocycles. The van der Waals surface area contributed by atoms with Crippen molar-refractivity contribution in [2.45, 2.75) is 19.3 Å². The van der Waals surface area contributed by atoms with E-state index in [1.54, 1.807) is 0 Å². The van der Waals surface area contributed by atoms with Crippen LogP contribution in [0, 0.1) is 17.9 Å². The molecule has 0 radical (unpaired) electrons. The molecule has 6 nitrogen and oxygen atoms in total. The van der Waals surface area contributed by atoms with Crippen LogP contribution in [-0.4, -0.2) is 19.6 Å². The van der Waals surface area contributed by atoms with E-state index in [4.69, 9.17) is 16.8 Å². The first-order valence-electron chi connectivity index (χ1n) is 17.4. The summed E-state index contributed by atoms with van der Waals surface area (Å²) in [5, 5.41) is 20.9. The van der Waals surface area contributed by atoms with Crippen molar-refractivity contribution in [2.24, 2.45) is 0 Å². The fourth-order valence-electron chi connectivity index (χ4n) is 7.08. The van der Waals surface area contributed by atoms with Crippen LogP contribution in [0.5, 0.6) is 0 Å². The molecule has 0 amide bonds. The minimum Gasteiger partial charge on any atom is -0.238 e. The topological polar surface area (TPSA) is 63.8 Å². The molecule has 0 spiro atoms. The van der Waals surface area contributed by atoms with Gasteiger partial charge in [-0.15, -0.1) is 0 Å². The first kappa shape index (κ1) is 32.9. The summed E-state index contributed by atoms with van der Waals surface area (Å²) < 4.78 is 3.96. The minimum absolute atomic E-state index is 0.538. The number of rotatable bonds is 8. The van der Waals surface area contributed by atoms with Crippen LogP contribution < -0.4 is 0 Å². The highest BCUT2D eigenvalue weighted by atomic mass is 15.3. The third-order valence-corrected chi connectivity index (χ3v) is 9.60. The van der Waals surface area contributed by atoms with E-state index in [1.165, 1.54) is 0 Å². The summed E-state index contributed by atoms with van der Waals surface area (Å²) in [6.07, 6.45) is 0.